The minimum Gasteiger partial charge on any atom is -0.506 e. The Morgan fingerprint density at radius 3 is 2.49 bits per heavy atom. The van der Waals surface area contributed by atoms with E-state index in [9.17, 15) is 5.11 Å². The number of halogens is 2. The second kappa shape index (κ2) is 9.87. The number of ether oxygens (including phenoxy) is 2. The van der Waals surface area contributed by atoms with Gasteiger partial charge in [-0.2, -0.15) is 5.10 Å². The van der Waals surface area contributed by atoms with Crippen molar-refractivity contribution < 1.29 is 19.0 Å². The molecule has 0 amide bonds. The van der Waals surface area contributed by atoms with E-state index >= 15 is 4.39 Å². The number of hydrogen-bond acceptors (Lipinski definition) is 6. The number of phenolic OH excluding ortho intramolecular Hbond substituents is 1. The molecule has 9 heteroatoms. The number of H-pyrrole nitrogens is 1. The van der Waals surface area contributed by atoms with Crippen molar-refractivity contribution in [1.82, 2.24) is 20.1 Å². The van der Waals surface area contributed by atoms with Gasteiger partial charge in [0.1, 0.15) is 18.2 Å². The Hall–Kier alpha value is -3.10. The highest BCUT2D eigenvalue weighted by Crippen LogP contribution is 2.46. The highest BCUT2D eigenvalue weighted by Gasteiger charge is 2.26. The number of benzene rings is 2. The Kier molecular flexibility index (Phi) is 7.05. The van der Waals surface area contributed by atoms with Crippen LogP contribution in [0.5, 0.6) is 17.2 Å². The van der Waals surface area contributed by atoms with Gasteiger partial charge in [-0.1, -0.05) is 11.6 Å². The maximum atomic E-state index is 16.1. The Balaban J connectivity index is 1.92. The first-order chi connectivity index (χ1) is 16.6. The molecule has 0 radical (unpaired) electrons. The third-order valence-electron chi connectivity index (χ3n) is 6.27. The van der Waals surface area contributed by atoms with E-state index in [4.69, 9.17) is 21.1 Å². The molecule has 0 saturated heterocycles. The van der Waals surface area contributed by atoms with Crippen LogP contribution in [-0.4, -0.2) is 57.5 Å². The lowest BCUT2D eigenvalue weighted by Gasteiger charge is -2.30. The molecule has 0 unspecified atom stereocenters. The van der Waals surface area contributed by atoms with Crippen LogP contribution in [0.25, 0.3) is 33.1 Å². The van der Waals surface area contributed by atoms with Gasteiger partial charge in [0.2, 0.25) is 0 Å². The Labute approximate surface area is 208 Å². The van der Waals surface area contributed by atoms with Crippen LogP contribution in [0.15, 0.2) is 24.4 Å². The van der Waals surface area contributed by atoms with E-state index in [2.05, 4.69) is 47.8 Å². The molecule has 0 aliphatic carbocycles. The number of hydrogen-bond donors (Lipinski definition) is 2. The molecule has 2 heterocycles. The molecule has 2 N–H and O–H groups in total. The van der Waals surface area contributed by atoms with Crippen molar-refractivity contribution >= 4 is 33.4 Å². The average Bonchev–Trinajstić information content (AvgIpc) is 3.29. The monoisotopic (exact) mass is 500 g/mol. The highest BCUT2D eigenvalue weighted by atomic mass is 35.5. The summed E-state index contributed by atoms with van der Waals surface area (Å²) < 4.78 is 28.1. The number of methoxy groups -OCH3 is 1. The van der Waals surface area contributed by atoms with E-state index in [-0.39, 0.29) is 16.2 Å². The number of nitrogens with one attached hydrogen (secondary N) is 1. The third-order valence-corrected chi connectivity index (χ3v) is 6.57. The number of aromatic amines is 1. The first kappa shape index (κ1) is 25.0. The molecule has 4 aromatic rings. The van der Waals surface area contributed by atoms with E-state index in [0.717, 1.165) is 0 Å². The molecule has 0 atom stereocenters. The zero-order valence-corrected chi connectivity index (χ0v) is 21.5. The fourth-order valence-electron chi connectivity index (χ4n) is 4.59. The molecule has 35 heavy (non-hydrogen) atoms. The zero-order chi connectivity index (χ0) is 25.4. The average molecular weight is 501 g/mol. The van der Waals surface area contributed by atoms with E-state index in [1.54, 1.807) is 25.3 Å². The van der Waals surface area contributed by atoms with Crippen LogP contribution < -0.4 is 9.47 Å². The zero-order valence-electron chi connectivity index (χ0n) is 20.7. The molecular formula is C26H30ClFN4O3. The molecule has 0 bridgehead atoms. The van der Waals surface area contributed by atoms with Crippen molar-refractivity contribution in [3.63, 3.8) is 0 Å². The highest BCUT2D eigenvalue weighted by molar-refractivity contribution is 6.32. The summed E-state index contributed by atoms with van der Waals surface area (Å²) in [5.74, 6) is 0.243. The number of nitrogens with zero attached hydrogens (tertiary/aromatic N) is 3. The van der Waals surface area contributed by atoms with Crippen LogP contribution in [0.3, 0.4) is 0 Å². The first-order valence-electron chi connectivity index (χ1n) is 11.6. The van der Waals surface area contributed by atoms with Crippen LogP contribution in [-0.2, 0) is 0 Å². The molecule has 7 nitrogen and oxygen atoms in total. The fourth-order valence-corrected chi connectivity index (χ4v) is 4.77. The number of pyridine rings is 1. The second-order valence-corrected chi connectivity index (χ2v) is 9.49. The van der Waals surface area contributed by atoms with Crippen molar-refractivity contribution in [3.05, 3.63) is 40.8 Å². The molecule has 0 spiro atoms. The summed E-state index contributed by atoms with van der Waals surface area (Å²) >= 11 is 6.15. The quantitative estimate of drug-likeness (QED) is 0.304. The standard InChI is InChI=1S/C26H30ClFN4O3/c1-13(2)32(14(3)4)9-10-35-24-15(5)22(28)21-20(25(24)34-6)17-12-29-31-26(17)30-23(21)16-7-8-19(33)18(27)11-16/h7-8,11-14,33H,9-10H2,1-6H3,(H,29,30,31). The summed E-state index contributed by atoms with van der Waals surface area (Å²) in [6.45, 7) is 11.3. The summed E-state index contributed by atoms with van der Waals surface area (Å²) in [6, 6.07) is 5.36. The maximum absolute atomic E-state index is 16.1. The van der Waals surface area contributed by atoms with Gasteiger partial charge in [-0.3, -0.25) is 10.00 Å². The van der Waals surface area contributed by atoms with Crippen LogP contribution in [0.4, 0.5) is 4.39 Å². The molecule has 4 rings (SSSR count). The Bertz CT molecular complexity index is 1380. The molecule has 186 valence electrons. The predicted octanol–water partition coefficient (Wildman–Crippen LogP) is 6.09. The van der Waals surface area contributed by atoms with Crippen molar-refractivity contribution in [2.24, 2.45) is 0 Å². The molecule has 0 fully saturated rings. The van der Waals surface area contributed by atoms with E-state index in [1.807, 2.05) is 0 Å². The normalized spacial score (nSPS) is 12.0. The molecule has 2 aromatic heterocycles. The summed E-state index contributed by atoms with van der Waals surface area (Å²) in [5, 5.41) is 18.4. The number of rotatable bonds is 8. The number of phenols is 1. The van der Waals surface area contributed by atoms with E-state index in [0.29, 0.717) is 70.0 Å². The largest absolute Gasteiger partial charge is 0.506 e. The van der Waals surface area contributed by atoms with Crippen LogP contribution in [0.1, 0.15) is 33.3 Å². The van der Waals surface area contributed by atoms with Gasteiger partial charge in [0.25, 0.3) is 0 Å². The van der Waals surface area contributed by atoms with Gasteiger partial charge >= 0.3 is 0 Å². The molecule has 0 aliphatic heterocycles. The second-order valence-electron chi connectivity index (χ2n) is 9.08. The minimum absolute atomic E-state index is 0.0656. The topological polar surface area (TPSA) is 83.5 Å². The van der Waals surface area contributed by atoms with Gasteiger partial charge < -0.3 is 14.6 Å². The Morgan fingerprint density at radius 2 is 1.86 bits per heavy atom. The smallest absolute Gasteiger partial charge is 0.169 e. The van der Waals surface area contributed by atoms with Gasteiger partial charge in [-0.05, 0) is 52.8 Å². The molecule has 0 saturated carbocycles. The number of fused-ring (bicyclic) bond motifs is 3. The lowest BCUT2D eigenvalue weighted by molar-refractivity contribution is 0.140. The van der Waals surface area contributed by atoms with Crippen molar-refractivity contribution in [2.45, 2.75) is 46.7 Å². The maximum Gasteiger partial charge on any atom is 0.169 e. The first-order valence-corrected chi connectivity index (χ1v) is 11.9. The van der Waals surface area contributed by atoms with E-state index < -0.39 is 5.82 Å². The van der Waals surface area contributed by atoms with Gasteiger partial charge in [-0.15, -0.1) is 0 Å². The fraction of sp³-hybridized carbons (Fsp3) is 0.385. The van der Waals surface area contributed by atoms with E-state index in [1.165, 1.54) is 13.2 Å². The van der Waals surface area contributed by atoms with Gasteiger partial charge in [0, 0.05) is 40.5 Å². The van der Waals surface area contributed by atoms with Crippen LogP contribution in [0.2, 0.25) is 5.02 Å². The minimum atomic E-state index is -0.463. The number of aromatic hydroxyl groups is 1. The van der Waals surface area contributed by atoms with Crippen molar-refractivity contribution in [1.29, 1.82) is 0 Å². The van der Waals surface area contributed by atoms with Crippen LogP contribution >= 0.6 is 11.6 Å². The summed E-state index contributed by atoms with van der Waals surface area (Å²) in [7, 11) is 1.54. The molecule has 0 aliphatic rings. The van der Waals surface area contributed by atoms with Crippen molar-refractivity contribution in [2.75, 3.05) is 20.3 Å². The van der Waals surface area contributed by atoms with Gasteiger partial charge in [-0.25, -0.2) is 9.37 Å². The summed E-state index contributed by atoms with van der Waals surface area (Å²) in [4.78, 5) is 6.94. The SMILES string of the molecule is COc1c(OCCN(C(C)C)C(C)C)c(C)c(F)c2c(-c3ccc(O)c(Cl)c3)nc3[nH]ncc3c12. The lowest BCUT2D eigenvalue weighted by atomic mass is 9.97. The Morgan fingerprint density at radius 1 is 1.14 bits per heavy atom. The molecule has 2 aromatic carbocycles. The lowest BCUT2D eigenvalue weighted by Crippen LogP contribution is -2.39. The number of aromatic nitrogens is 3. The molecular weight excluding hydrogens is 471 g/mol. The predicted molar refractivity (Wildman–Crippen MR) is 137 cm³/mol. The summed E-state index contributed by atoms with van der Waals surface area (Å²) in [6.07, 6.45) is 1.60. The third kappa shape index (κ3) is 4.48. The van der Waals surface area contributed by atoms with Crippen LogP contribution in [0, 0.1) is 12.7 Å². The summed E-state index contributed by atoms with van der Waals surface area (Å²) in [5.41, 5.74) is 1.70. The van der Waals surface area contributed by atoms with Crippen molar-refractivity contribution in [3.8, 4) is 28.5 Å². The van der Waals surface area contributed by atoms with Gasteiger partial charge in [0.15, 0.2) is 17.1 Å². The van der Waals surface area contributed by atoms with Gasteiger partial charge in [0.05, 0.1) is 29.4 Å².